The number of amides is 2. The van der Waals surface area contributed by atoms with E-state index in [-0.39, 0.29) is 30.7 Å². The molecular weight excluding hydrogens is 388 g/mol. The van der Waals surface area contributed by atoms with Crippen molar-refractivity contribution >= 4 is 18.0 Å². The Morgan fingerprint density at radius 3 is 2.37 bits per heavy atom. The van der Waals surface area contributed by atoms with Crippen molar-refractivity contribution in [3.8, 4) is 0 Å². The number of hydrogen-bond acceptors (Lipinski definition) is 5. The fourth-order valence-electron chi connectivity index (χ4n) is 4.45. The minimum atomic E-state index is -1.09. The first-order valence-electron chi connectivity index (χ1n) is 10.7. The summed E-state index contributed by atoms with van der Waals surface area (Å²) in [5.74, 6) is -0.502. The van der Waals surface area contributed by atoms with Gasteiger partial charge in [0, 0.05) is 19.0 Å². The zero-order chi connectivity index (χ0) is 22.1. The highest BCUT2D eigenvalue weighted by Crippen LogP contribution is 2.33. The molecule has 2 heterocycles. The van der Waals surface area contributed by atoms with Gasteiger partial charge in [-0.1, -0.05) is 6.92 Å². The average Bonchev–Trinajstić information content (AvgIpc) is 3.32. The monoisotopic (exact) mass is 420 g/mol. The Hall–Kier alpha value is -2.51. The number of aliphatic carboxylic acids is 1. The first-order chi connectivity index (χ1) is 14.1. The molecule has 1 aliphatic heterocycles. The summed E-state index contributed by atoms with van der Waals surface area (Å²) in [7, 11) is 0. The molecule has 166 valence electrons. The van der Waals surface area contributed by atoms with Crippen molar-refractivity contribution in [2.24, 2.45) is 5.92 Å². The van der Waals surface area contributed by atoms with Crippen LogP contribution in [-0.2, 0) is 9.53 Å². The van der Waals surface area contributed by atoms with E-state index in [0.29, 0.717) is 5.92 Å². The van der Waals surface area contributed by atoms with Gasteiger partial charge in [-0.25, -0.2) is 9.59 Å². The second-order valence-electron chi connectivity index (χ2n) is 9.48. The lowest BCUT2D eigenvalue weighted by Gasteiger charge is -2.39. The van der Waals surface area contributed by atoms with E-state index < -0.39 is 29.7 Å². The van der Waals surface area contributed by atoms with Gasteiger partial charge in [0.2, 0.25) is 0 Å². The minimum Gasteiger partial charge on any atom is -0.480 e. The summed E-state index contributed by atoms with van der Waals surface area (Å²) in [5.41, 5.74) is -0.735. The molecule has 1 aromatic rings. The molecule has 0 spiro atoms. The Bertz CT molecular complexity index is 761. The van der Waals surface area contributed by atoms with E-state index in [0.717, 1.165) is 25.7 Å². The maximum absolute atomic E-state index is 13.3. The summed E-state index contributed by atoms with van der Waals surface area (Å²) in [5, 5.41) is 9.73. The average molecular weight is 421 g/mol. The molecule has 1 saturated carbocycles. The second kappa shape index (κ2) is 8.70. The quantitative estimate of drug-likeness (QED) is 0.796. The Morgan fingerprint density at radius 2 is 1.83 bits per heavy atom. The zero-order valence-corrected chi connectivity index (χ0v) is 18.2. The van der Waals surface area contributed by atoms with Crippen molar-refractivity contribution in [1.29, 1.82) is 0 Å². The molecule has 0 bridgehead atoms. The number of carbonyl (C=O) groups excluding carboxylic acids is 2. The Kier molecular flexibility index (Phi) is 6.43. The number of carbonyl (C=O) groups is 3. The van der Waals surface area contributed by atoms with Crippen molar-refractivity contribution in [3.05, 3.63) is 24.2 Å². The van der Waals surface area contributed by atoms with Crippen LogP contribution in [0.4, 0.5) is 4.79 Å². The van der Waals surface area contributed by atoms with E-state index in [2.05, 4.69) is 6.92 Å². The smallest absolute Gasteiger partial charge is 0.411 e. The van der Waals surface area contributed by atoms with Gasteiger partial charge in [0.05, 0.1) is 12.3 Å². The van der Waals surface area contributed by atoms with Crippen LogP contribution in [0.3, 0.4) is 0 Å². The number of hydrogen-bond donors (Lipinski definition) is 1. The van der Waals surface area contributed by atoms with Crippen LogP contribution in [0.1, 0.15) is 70.4 Å². The first-order valence-corrected chi connectivity index (χ1v) is 10.7. The van der Waals surface area contributed by atoms with Gasteiger partial charge in [-0.05, 0) is 64.5 Å². The third-order valence-electron chi connectivity index (χ3n) is 5.93. The fourth-order valence-corrected chi connectivity index (χ4v) is 4.45. The van der Waals surface area contributed by atoms with E-state index in [9.17, 15) is 19.5 Å². The molecule has 1 aromatic heterocycles. The topological polar surface area (TPSA) is 100 Å². The van der Waals surface area contributed by atoms with Crippen LogP contribution < -0.4 is 0 Å². The third kappa shape index (κ3) is 4.96. The Balaban J connectivity index is 1.86. The van der Waals surface area contributed by atoms with Crippen molar-refractivity contribution in [1.82, 2.24) is 9.80 Å². The normalized spacial score (nSPS) is 27.0. The van der Waals surface area contributed by atoms with Crippen LogP contribution in [0.25, 0.3) is 0 Å². The minimum absolute atomic E-state index is 0.00293. The van der Waals surface area contributed by atoms with Crippen molar-refractivity contribution in [2.45, 2.75) is 83.5 Å². The number of likely N-dealkylation sites (tertiary alicyclic amines) is 1. The molecule has 2 amide bonds. The van der Waals surface area contributed by atoms with E-state index >= 15 is 0 Å². The molecule has 8 heteroatoms. The highest BCUT2D eigenvalue weighted by molar-refractivity contribution is 5.92. The van der Waals surface area contributed by atoms with Crippen LogP contribution in [0, 0.1) is 5.92 Å². The van der Waals surface area contributed by atoms with Crippen LogP contribution >= 0.6 is 0 Å². The predicted molar refractivity (Wildman–Crippen MR) is 109 cm³/mol. The summed E-state index contributed by atoms with van der Waals surface area (Å²) >= 11 is 0. The summed E-state index contributed by atoms with van der Waals surface area (Å²) in [6.45, 7) is 7.55. The van der Waals surface area contributed by atoms with E-state index in [1.54, 1.807) is 37.8 Å². The highest BCUT2D eigenvalue weighted by atomic mass is 16.6. The molecule has 0 unspecified atom stereocenters. The van der Waals surface area contributed by atoms with Crippen molar-refractivity contribution in [2.75, 3.05) is 6.54 Å². The lowest BCUT2D eigenvalue weighted by atomic mass is 9.85. The van der Waals surface area contributed by atoms with E-state index in [4.69, 9.17) is 9.15 Å². The summed E-state index contributed by atoms with van der Waals surface area (Å²) in [6, 6.07) is 1.84. The Labute approximate surface area is 177 Å². The molecule has 2 atom stereocenters. The van der Waals surface area contributed by atoms with Crippen LogP contribution in [0.15, 0.2) is 22.8 Å². The SMILES string of the molecule is CC1CCC(N(C(=O)c2ccco2)[C@@H]2C[C@@H](C(=O)O)N(C(=O)OC(C)(C)C)C2)CC1. The molecule has 2 aliphatic rings. The largest absolute Gasteiger partial charge is 0.480 e. The van der Waals surface area contributed by atoms with Gasteiger partial charge in [0.15, 0.2) is 5.76 Å². The first kappa shape index (κ1) is 22.2. The molecule has 8 nitrogen and oxygen atoms in total. The molecule has 3 rings (SSSR count). The van der Waals surface area contributed by atoms with Gasteiger partial charge in [-0.2, -0.15) is 0 Å². The van der Waals surface area contributed by atoms with Gasteiger partial charge in [0.25, 0.3) is 5.91 Å². The Morgan fingerprint density at radius 1 is 1.17 bits per heavy atom. The van der Waals surface area contributed by atoms with Crippen LogP contribution in [0.5, 0.6) is 0 Å². The highest BCUT2D eigenvalue weighted by Gasteiger charge is 2.46. The van der Waals surface area contributed by atoms with Gasteiger partial charge in [-0.3, -0.25) is 9.69 Å². The van der Waals surface area contributed by atoms with Crippen molar-refractivity contribution in [3.63, 3.8) is 0 Å². The van der Waals surface area contributed by atoms with Gasteiger partial charge in [0.1, 0.15) is 11.6 Å². The van der Waals surface area contributed by atoms with Gasteiger partial charge < -0.3 is 19.2 Å². The number of ether oxygens (including phenoxy) is 1. The fraction of sp³-hybridized carbons (Fsp3) is 0.682. The standard InChI is InChI=1S/C22H32N2O6/c1-14-7-9-15(10-8-14)24(19(25)18-6-5-11-29-18)16-12-17(20(26)27)23(13-16)21(28)30-22(2,3)4/h5-6,11,14-17H,7-10,12-13H2,1-4H3,(H,26,27)/t14?,15?,16-,17+/m1/s1. The van der Waals surface area contributed by atoms with Crippen LogP contribution in [-0.4, -0.2) is 63.1 Å². The molecule has 0 radical (unpaired) electrons. The number of rotatable bonds is 4. The molecule has 2 fully saturated rings. The summed E-state index contributed by atoms with van der Waals surface area (Å²) in [6.07, 6.45) is 4.70. The summed E-state index contributed by atoms with van der Waals surface area (Å²) < 4.78 is 10.8. The number of furan rings is 1. The molecular formula is C22H32N2O6. The lowest BCUT2D eigenvalue weighted by Crippen LogP contribution is -2.50. The summed E-state index contributed by atoms with van der Waals surface area (Å²) in [4.78, 5) is 40.9. The number of carboxylic acid groups (broad SMARTS) is 1. The van der Waals surface area contributed by atoms with E-state index in [1.807, 2.05) is 0 Å². The molecule has 1 aliphatic carbocycles. The predicted octanol–water partition coefficient (Wildman–Crippen LogP) is 3.76. The maximum atomic E-state index is 13.3. The van der Waals surface area contributed by atoms with Crippen molar-refractivity contribution < 1.29 is 28.6 Å². The lowest BCUT2D eigenvalue weighted by molar-refractivity contribution is -0.142. The van der Waals surface area contributed by atoms with Crippen LogP contribution in [0.2, 0.25) is 0 Å². The zero-order valence-electron chi connectivity index (χ0n) is 18.2. The van der Waals surface area contributed by atoms with E-state index in [1.165, 1.54) is 11.2 Å². The second-order valence-corrected chi connectivity index (χ2v) is 9.48. The molecule has 1 saturated heterocycles. The van der Waals surface area contributed by atoms with Gasteiger partial charge >= 0.3 is 12.1 Å². The number of nitrogens with zero attached hydrogens (tertiary/aromatic N) is 2. The maximum Gasteiger partial charge on any atom is 0.411 e. The number of carboxylic acids is 1. The third-order valence-corrected chi connectivity index (χ3v) is 5.93. The molecule has 0 aromatic carbocycles. The molecule has 1 N–H and O–H groups in total. The molecule has 30 heavy (non-hydrogen) atoms. The van der Waals surface area contributed by atoms with Gasteiger partial charge in [-0.15, -0.1) is 0 Å².